The van der Waals surface area contributed by atoms with Gasteiger partial charge in [0.05, 0.1) is 0 Å². The number of anilines is 1. The molecule has 0 saturated heterocycles. The van der Waals surface area contributed by atoms with Crippen LogP contribution in [-0.4, -0.2) is 0 Å². The summed E-state index contributed by atoms with van der Waals surface area (Å²) in [5.74, 6) is 0.368. The van der Waals surface area contributed by atoms with Gasteiger partial charge in [-0.25, -0.2) is 0 Å². The third-order valence-corrected chi connectivity index (χ3v) is 7.15. The maximum atomic E-state index is 2.49. The molecule has 0 amide bonds. The lowest BCUT2D eigenvalue weighted by molar-refractivity contribution is 0.535. The van der Waals surface area contributed by atoms with Crippen LogP contribution >= 0.6 is 0 Å². The molecule has 146 valence electrons. The lowest BCUT2D eigenvalue weighted by atomic mass is 9.72. The fourth-order valence-corrected chi connectivity index (χ4v) is 5.50. The molecule has 29 heavy (non-hydrogen) atoms. The zero-order valence-corrected chi connectivity index (χ0v) is 18.1. The Labute approximate surface area is 174 Å². The first-order chi connectivity index (χ1) is 13.9. The smallest absolute Gasteiger partial charge is 0.0455 e. The minimum Gasteiger partial charge on any atom is -0.317 e. The predicted molar refractivity (Wildman–Crippen MR) is 123 cm³/mol. The molecule has 0 spiro atoms. The topological polar surface area (TPSA) is 3.24 Å². The Bertz CT molecular complexity index is 1110. The number of hydrogen-bond donors (Lipinski definition) is 0. The molecule has 4 aliphatic rings. The largest absolute Gasteiger partial charge is 0.317 e. The van der Waals surface area contributed by atoms with Gasteiger partial charge in [0, 0.05) is 28.4 Å². The third-order valence-electron chi connectivity index (χ3n) is 7.15. The molecule has 1 aromatic carbocycles. The monoisotopic (exact) mass is 379 g/mol. The summed E-state index contributed by atoms with van der Waals surface area (Å²) in [6, 6.07) is 10.8. The van der Waals surface area contributed by atoms with Crippen LogP contribution in [-0.2, 0) is 0 Å². The van der Waals surface area contributed by atoms with Gasteiger partial charge >= 0.3 is 0 Å². The van der Waals surface area contributed by atoms with E-state index in [0.717, 1.165) is 6.42 Å². The molecule has 1 heterocycles. The van der Waals surface area contributed by atoms with Gasteiger partial charge in [0.2, 0.25) is 0 Å². The fourth-order valence-electron chi connectivity index (χ4n) is 5.50. The zero-order chi connectivity index (χ0) is 20.3. The van der Waals surface area contributed by atoms with E-state index in [4.69, 9.17) is 0 Å². The van der Waals surface area contributed by atoms with Crippen LogP contribution in [0.2, 0.25) is 0 Å². The van der Waals surface area contributed by atoms with Crippen molar-refractivity contribution in [2.75, 3.05) is 4.90 Å². The summed E-state index contributed by atoms with van der Waals surface area (Å²) in [5, 5.41) is 0. The SMILES string of the molecule is CC1=CC2=CC3C(=CC2=C1C(C)(C)C1=CC=CC1)N(c1ccccc1)C(C)=C3C. The molecule has 1 heteroatoms. The molecule has 0 bridgehead atoms. The van der Waals surface area contributed by atoms with Crippen molar-refractivity contribution in [1.82, 2.24) is 0 Å². The number of fused-ring (bicyclic) bond motifs is 2. The van der Waals surface area contributed by atoms with Gasteiger partial charge < -0.3 is 4.90 Å². The number of benzene rings is 1. The van der Waals surface area contributed by atoms with Crippen LogP contribution in [0.25, 0.3) is 0 Å². The van der Waals surface area contributed by atoms with Gasteiger partial charge in [-0.1, -0.05) is 68.0 Å². The van der Waals surface area contributed by atoms with Crippen molar-refractivity contribution in [2.24, 2.45) is 11.3 Å². The van der Waals surface area contributed by atoms with Gasteiger partial charge in [-0.15, -0.1) is 0 Å². The van der Waals surface area contributed by atoms with E-state index >= 15 is 0 Å². The Morgan fingerprint density at radius 2 is 1.76 bits per heavy atom. The number of hydrogen-bond acceptors (Lipinski definition) is 1. The lowest BCUT2D eigenvalue weighted by Crippen LogP contribution is -2.22. The maximum absolute atomic E-state index is 2.49. The first-order valence-electron chi connectivity index (χ1n) is 10.7. The Balaban J connectivity index is 1.67. The van der Waals surface area contributed by atoms with Crippen molar-refractivity contribution < 1.29 is 0 Å². The van der Waals surface area contributed by atoms with Crippen molar-refractivity contribution in [3.63, 3.8) is 0 Å². The van der Waals surface area contributed by atoms with Crippen LogP contribution < -0.4 is 4.90 Å². The van der Waals surface area contributed by atoms with Crippen molar-refractivity contribution >= 4 is 5.69 Å². The molecular formula is C28H29N. The highest BCUT2D eigenvalue weighted by atomic mass is 15.2. The van der Waals surface area contributed by atoms with E-state index in [1.165, 1.54) is 50.5 Å². The molecule has 1 nitrogen and oxygen atoms in total. The van der Waals surface area contributed by atoms with E-state index in [9.17, 15) is 0 Å². The third kappa shape index (κ3) is 2.60. The Morgan fingerprint density at radius 3 is 2.45 bits per heavy atom. The highest BCUT2D eigenvalue weighted by molar-refractivity contribution is 5.74. The second-order valence-corrected chi connectivity index (χ2v) is 9.17. The van der Waals surface area contributed by atoms with E-state index < -0.39 is 0 Å². The van der Waals surface area contributed by atoms with Crippen LogP contribution in [0, 0.1) is 11.3 Å². The molecular weight excluding hydrogens is 350 g/mol. The van der Waals surface area contributed by atoms with Crippen LogP contribution in [0.1, 0.15) is 41.0 Å². The highest BCUT2D eigenvalue weighted by Gasteiger charge is 2.39. The second-order valence-electron chi connectivity index (χ2n) is 9.17. The maximum Gasteiger partial charge on any atom is 0.0455 e. The Kier molecular flexibility index (Phi) is 4.00. The number of rotatable bonds is 3. The molecule has 0 N–H and O–H groups in total. The van der Waals surface area contributed by atoms with E-state index in [1.54, 1.807) is 0 Å². The molecule has 0 fully saturated rings. The van der Waals surface area contributed by atoms with E-state index in [1.807, 2.05) is 0 Å². The van der Waals surface area contributed by atoms with Gasteiger partial charge in [-0.3, -0.25) is 0 Å². The summed E-state index contributed by atoms with van der Waals surface area (Å²) in [6.07, 6.45) is 15.2. The molecule has 0 saturated carbocycles. The number of nitrogens with zero attached hydrogens (tertiary/aromatic N) is 1. The second kappa shape index (κ2) is 6.35. The van der Waals surface area contributed by atoms with Crippen LogP contribution in [0.4, 0.5) is 5.69 Å². The van der Waals surface area contributed by atoms with Gasteiger partial charge in [-0.2, -0.15) is 0 Å². The molecule has 1 aromatic rings. The first-order valence-corrected chi connectivity index (χ1v) is 10.7. The fraction of sp³-hybridized carbons (Fsp3) is 0.286. The molecule has 3 aliphatic carbocycles. The van der Waals surface area contributed by atoms with Crippen molar-refractivity contribution in [3.05, 3.63) is 112 Å². The highest BCUT2D eigenvalue weighted by Crippen LogP contribution is 2.52. The van der Waals surface area contributed by atoms with Gasteiger partial charge in [0.1, 0.15) is 0 Å². The van der Waals surface area contributed by atoms with Crippen LogP contribution in [0.5, 0.6) is 0 Å². The Hall–Kier alpha value is -2.80. The summed E-state index contributed by atoms with van der Waals surface area (Å²) in [6.45, 7) is 11.6. The van der Waals surface area contributed by atoms with Crippen molar-refractivity contribution in [3.8, 4) is 0 Å². The van der Waals surface area contributed by atoms with E-state index in [-0.39, 0.29) is 5.41 Å². The number of allylic oxidation sites excluding steroid dienone is 12. The van der Waals surface area contributed by atoms with E-state index in [0.29, 0.717) is 5.92 Å². The molecule has 1 aliphatic heterocycles. The summed E-state index contributed by atoms with van der Waals surface area (Å²) < 4.78 is 0. The molecule has 1 unspecified atom stereocenters. The average molecular weight is 380 g/mol. The Morgan fingerprint density at radius 1 is 1.00 bits per heavy atom. The normalized spacial score (nSPS) is 23.2. The minimum atomic E-state index is 0.0343. The number of para-hydroxylation sites is 1. The molecule has 1 atom stereocenters. The zero-order valence-electron chi connectivity index (χ0n) is 18.1. The van der Waals surface area contributed by atoms with Gasteiger partial charge in [-0.05, 0) is 73.3 Å². The summed E-state index contributed by atoms with van der Waals surface area (Å²) in [4.78, 5) is 2.45. The first kappa shape index (κ1) is 18.2. The molecule has 0 aromatic heterocycles. The summed E-state index contributed by atoms with van der Waals surface area (Å²) in [7, 11) is 0. The lowest BCUT2D eigenvalue weighted by Gasteiger charge is -2.32. The molecule has 5 rings (SSSR count). The van der Waals surface area contributed by atoms with Crippen molar-refractivity contribution in [1.29, 1.82) is 0 Å². The molecule has 0 radical (unpaired) electrons. The van der Waals surface area contributed by atoms with Crippen LogP contribution in [0.15, 0.2) is 112 Å². The summed E-state index contributed by atoms with van der Waals surface area (Å²) in [5.41, 5.74) is 12.7. The minimum absolute atomic E-state index is 0.0343. The quantitative estimate of drug-likeness (QED) is 0.528. The van der Waals surface area contributed by atoms with Crippen LogP contribution in [0.3, 0.4) is 0 Å². The predicted octanol–water partition coefficient (Wildman–Crippen LogP) is 7.41. The van der Waals surface area contributed by atoms with Gasteiger partial charge in [0.25, 0.3) is 0 Å². The van der Waals surface area contributed by atoms with Gasteiger partial charge in [0.15, 0.2) is 0 Å². The average Bonchev–Trinajstić information content (AvgIpc) is 3.40. The standard InChI is InChI=1S/C28H29N/c1-18-15-21-16-24-19(2)20(3)29(23-13-7-6-8-14-23)26(24)17-25(21)27(18)28(4,5)22-11-9-10-12-22/h6-11,13-17,24H,12H2,1-5H3. The summed E-state index contributed by atoms with van der Waals surface area (Å²) >= 11 is 0. The van der Waals surface area contributed by atoms with E-state index in [2.05, 4.69) is 106 Å². The van der Waals surface area contributed by atoms with Crippen molar-refractivity contribution in [2.45, 2.75) is 41.0 Å².